The molecule has 16 heteroatoms. The van der Waals surface area contributed by atoms with Gasteiger partial charge in [0, 0.05) is 29.6 Å². The number of aromatic amines is 2. The fraction of sp³-hybridized carbons (Fsp3) is 0.429. The molecule has 2 aliphatic rings. The highest BCUT2D eigenvalue weighted by atomic mass is 16.5. The summed E-state index contributed by atoms with van der Waals surface area (Å²) < 4.78 is 9.51. The smallest absolute Gasteiger partial charge is 0.407 e. The van der Waals surface area contributed by atoms with Gasteiger partial charge in [-0.3, -0.25) is 9.59 Å². The van der Waals surface area contributed by atoms with Crippen LogP contribution in [-0.2, 0) is 19.1 Å². The van der Waals surface area contributed by atoms with Crippen molar-refractivity contribution >= 4 is 34.9 Å². The van der Waals surface area contributed by atoms with Crippen molar-refractivity contribution in [2.45, 2.75) is 77.5 Å². The number of rotatable bonds is 11. The van der Waals surface area contributed by atoms with E-state index in [0.717, 1.165) is 70.4 Å². The van der Waals surface area contributed by atoms with E-state index in [1.54, 1.807) is 22.2 Å². The summed E-state index contributed by atoms with van der Waals surface area (Å²) >= 11 is 0. The van der Waals surface area contributed by atoms with Crippen LogP contribution in [0.2, 0.25) is 0 Å². The van der Waals surface area contributed by atoms with Gasteiger partial charge in [0.15, 0.2) is 0 Å². The molecule has 0 spiro atoms. The minimum Gasteiger partial charge on any atom is -0.453 e. The van der Waals surface area contributed by atoms with E-state index in [0.29, 0.717) is 24.7 Å². The third-order valence-electron chi connectivity index (χ3n) is 11.1. The average molecular weight is 791 g/mol. The van der Waals surface area contributed by atoms with Crippen molar-refractivity contribution in [3.8, 4) is 33.8 Å². The van der Waals surface area contributed by atoms with Gasteiger partial charge in [0.1, 0.15) is 23.7 Å². The highest BCUT2D eigenvalue weighted by Gasteiger charge is 2.39. The third kappa shape index (κ3) is 8.22. The Morgan fingerprint density at radius 1 is 0.672 bits per heavy atom. The van der Waals surface area contributed by atoms with Crippen LogP contribution in [0.15, 0.2) is 60.9 Å². The first-order chi connectivity index (χ1) is 27.9. The van der Waals surface area contributed by atoms with Gasteiger partial charge in [0.05, 0.1) is 61.3 Å². The summed E-state index contributed by atoms with van der Waals surface area (Å²) in [4.78, 5) is 70.8. The van der Waals surface area contributed by atoms with E-state index in [1.165, 1.54) is 14.2 Å². The Balaban J connectivity index is 1.02. The second-order valence-corrected chi connectivity index (χ2v) is 15.5. The average Bonchev–Trinajstić information content (AvgIpc) is 4.07. The minimum atomic E-state index is -0.703. The quantitative estimate of drug-likeness (QED) is 0.120. The van der Waals surface area contributed by atoms with Crippen LogP contribution in [0.5, 0.6) is 0 Å². The van der Waals surface area contributed by atoms with Crippen molar-refractivity contribution in [3.05, 3.63) is 72.6 Å². The van der Waals surface area contributed by atoms with Gasteiger partial charge in [-0.25, -0.2) is 19.6 Å². The van der Waals surface area contributed by atoms with Crippen LogP contribution < -0.4 is 10.6 Å². The maximum atomic E-state index is 13.6. The summed E-state index contributed by atoms with van der Waals surface area (Å²) in [6, 6.07) is 14.1. The number of hydrogen-bond donors (Lipinski definition) is 4. The van der Waals surface area contributed by atoms with Crippen molar-refractivity contribution in [3.63, 3.8) is 0 Å². The molecule has 2 aromatic carbocycles. The van der Waals surface area contributed by atoms with Gasteiger partial charge in [-0.05, 0) is 55.2 Å². The van der Waals surface area contributed by atoms with Crippen molar-refractivity contribution < 1.29 is 28.7 Å². The summed E-state index contributed by atoms with van der Waals surface area (Å²) in [6.07, 6.45) is 5.49. The Kier molecular flexibility index (Phi) is 11.7. The standard InChI is InChI=1S/C42H50N10O6/c1-23(2)35(47-41(55)57-5)39(53)51-17-7-9-33(51)37-43-21-31(45-37)26-13-11-25(12-14-26)29-19-27-15-16-28(20-30(27)50-49-29)32-22-44-38(46-32)34-10-8-18-52(34)40(54)36(24(3)4)48-42(56)58-6/h11-16,19-24,33-36H,7-10,17-18H2,1-6H3,(H,43,45)(H,44,46)(H,47,55)(H,48,56)/t33-,34-,35-,36-/m0/s1. The predicted octanol–water partition coefficient (Wildman–Crippen LogP) is 6.17. The number of carbonyl (C=O) groups is 4. The maximum absolute atomic E-state index is 13.6. The Morgan fingerprint density at radius 3 is 1.66 bits per heavy atom. The maximum Gasteiger partial charge on any atom is 0.407 e. The van der Waals surface area contributed by atoms with Gasteiger partial charge in [0.25, 0.3) is 0 Å². The van der Waals surface area contributed by atoms with Crippen LogP contribution in [0.3, 0.4) is 0 Å². The van der Waals surface area contributed by atoms with Crippen molar-refractivity contribution in [2.75, 3.05) is 27.3 Å². The Bertz CT molecular complexity index is 2290. The molecule has 0 saturated carbocycles. The van der Waals surface area contributed by atoms with E-state index in [1.807, 2.05) is 76.2 Å². The summed E-state index contributed by atoms with van der Waals surface area (Å²) in [6.45, 7) is 8.74. The lowest BCUT2D eigenvalue weighted by Crippen LogP contribution is -2.51. The zero-order valence-corrected chi connectivity index (χ0v) is 33.6. The number of nitrogens with zero attached hydrogens (tertiary/aromatic N) is 6. The molecule has 5 aromatic rings. The third-order valence-corrected chi connectivity index (χ3v) is 11.1. The Hall–Kier alpha value is -6.32. The number of benzene rings is 2. The number of methoxy groups -OCH3 is 2. The van der Waals surface area contributed by atoms with Crippen LogP contribution in [0.1, 0.15) is 77.1 Å². The van der Waals surface area contributed by atoms with Gasteiger partial charge >= 0.3 is 12.2 Å². The number of amides is 4. The summed E-state index contributed by atoms with van der Waals surface area (Å²) in [5.74, 6) is 0.860. The molecule has 4 amide bonds. The Morgan fingerprint density at radius 2 is 1.16 bits per heavy atom. The molecule has 2 aliphatic heterocycles. The minimum absolute atomic E-state index is 0.114. The molecule has 4 atom stereocenters. The fourth-order valence-electron chi connectivity index (χ4n) is 7.86. The monoisotopic (exact) mass is 790 g/mol. The van der Waals surface area contributed by atoms with Gasteiger partial charge < -0.3 is 39.9 Å². The van der Waals surface area contributed by atoms with Crippen LogP contribution in [0.25, 0.3) is 44.7 Å². The second kappa shape index (κ2) is 17.0. The van der Waals surface area contributed by atoms with Crippen molar-refractivity contribution in [2.24, 2.45) is 11.8 Å². The molecule has 58 heavy (non-hydrogen) atoms. The van der Waals surface area contributed by atoms with E-state index in [9.17, 15) is 19.2 Å². The number of carbonyl (C=O) groups excluding carboxylic acids is 4. The number of fused-ring (bicyclic) bond motifs is 1. The van der Waals surface area contributed by atoms with Crippen LogP contribution in [-0.4, -0.2) is 103 Å². The highest BCUT2D eigenvalue weighted by Crippen LogP contribution is 2.35. The summed E-state index contributed by atoms with van der Waals surface area (Å²) in [7, 11) is 2.57. The number of nitrogens with one attached hydrogen (secondary N) is 4. The highest BCUT2D eigenvalue weighted by molar-refractivity contribution is 5.88. The van der Waals surface area contributed by atoms with Gasteiger partial charge in [0.2, 0.25) is 11.8 Å². The van der Waals surface area contributed by atoms with E-state index in [2.05, 4.69) is 40.8 Å². The molecule has 16 nitrogen and oxygen atoms in total. The molecule has 2 fully saturated rings. The zero-order chi connectivity index (χ0) is 41.1. The Labute approximate surface area is 336 Å². The van der Waals surface area contributed by atoms with E-state index in [4.69, 9.17) is 9.47 Å². The molecule has 0 radical (unpaired) electrons. The number of H-pyrrole nitrogens is 2. The first-order valence-corrected chi connectivity index (χ1v) is 19.7. The topological polar surface area (TPSA) is 200 Å². The molecule has 304 valence electrons. The number of imidazole rings is 2. The molecule has 5 heterocycles. The lowest BCUT2D eigenvalue weighted by Gasteiger charge is -2.30. The summed E-state index contributed by atoms with van der Waals surface area (Å²) in [5.41, 5.74) is 5.82. The van der Waals surface area contributed by atoms with Crippen LogP contribution in [0.4, 0.5) is 9.59 Å². The SMILES string of the molecule is COC(=O)N[C@H](C(=O)N1CCC[C@H]1c1ncc(-c2ccc(-c3cc4ccc(-c5cnc([C@@H]6CCCN6C(=O)[C@@H](NC(=O)OC)C(C)C)[nH]5)cc4nn3)cc2)[nH]1)C(C)C. The molecule has 4 N–H and O–H groups in total. The summed E-state index contributed by atoms with van der Waals surface area (Å²) in [5, 5.41) is 15.4. The van der Waals surface area contributed by atoms with Gasteiger partial charge in [-0.2, -0.15) is 0 Å². The molecule has 0 unspecified atom stereocenters. The molecular weight excluding hydrogens is 741 g/mol. The molecular formula is C42H50N10O6. The number of aromatic nitrogens is 6. The van der Waals surface area contributed by atoms with Crippen molar-refractivity contribution in [1.29, 1.82) is 0 Å². The number of ether oxygens (including phenoxy) is 2. The molecule has 2 saturated heterocycles. The number of hydrogen-bond acceptors (Lipinski definition) is 10. The number of alkyl carbamates (subject to hydrolysis) is 2. The molecule has 7 rings (SSSR count). The predicted molar refractivity (Wildman–Crippen MR) is 216 cm³/mol. The first-order valence-electron chi connectivity index (χ1n) is 19.7. The van der Waals surface area contributed by atoms with Crippen LogP contribution >= 0.6 is 0 Å². The van der Waals surface area contributed by atoms with Gasteiger partial charge in [-0.1, -0.05) is 64.1 Å². The first kappa shape index (κ1) is 39.9. The van der Waals surface area contributed by atoms with Gasteiger partial charge in [-0.15, -0.1) is 10.2 Å². The zero-order valence-electron chi connectivity index (χ0n) is 33.6. The normalized spacial score (nSPS) is 17.8. The number of likely N-dealkylation sites (tertiary alicyclic amines) is 2. The molecule has 0 aliphatic carbocycles. The molecule has 0 bridgehead atoms. The molecule has 3 aromatic heterocycles. The second-order valence-electron chi connectivity index (χ2n) is 15.5. The van der Waals surface area contributed by atoms with Crippen LogP contribution in [0, 0.1) is 11.8 Å². The fourth-order valence-corrected chi connectivity index (χ4v) is 7.86. The van der Waals surface area contributed by atoms with Crippen molar-refractivity contribution in [1.82, 2.24) is 50.6 Å². The van der Waals surface area contributed by atoms with E-state index in [-0.39, 0.29) is 35.7 Å². The van der Waals surface area contributed by atoms with E-state index < -0.39 is 24.3 Å². The van der Waals surface area contributed by atoms with E-state index >= 15 is 0 Å². The largest absolute Gasteiger partial charge is 0.453 e. The lowest BCUT2D eigenvalue weighted by molar-refractivity contribution is -0.136. The lowest BCUT2D eigenvalue weighted by atomic mass is 10.0.